The van der Waals surface area contributed by atoms with Crippen LogP contribution in [0.3, 0.4) is 0 Å². The summed E-state index contributed by atoms with van der Waals surface area (Å²) in [4.78, 5) is 24.3. The fourth-order valence-electron chi connectivity index (χ4n) is 2.95. The number of hydrogen-bond acceptors (Lipinski definition) is 3. The molecule has 4 rings (SSSR count). The van der Waals surface area contributed by atoms with Crippen molar-refractivity contribution in [2.45, 2.75) is 0 Å². The number of hydrogen-bond donors (Lipinski definition) is 3. The maximum absolute atomic E-state index is 12.2. The summed E-state index contributed by atoms with van der Waals surface area (Å²) in [6, 6.07) is 25.4. The minimum Gasteiger partial charge on any atom is -0.323 e. The first kappa shape index (κ1) is 20.6. The van der Waals surface area contributed by atoms with Crippen molar-refractivity contribution >= 4 is 35.1 Å². The number of para-hydroxylation sites is 2. The van der Waals surface area contributed by atoms with Gasteiger partial charge in [-0.05, 0) is 54.6 Å². The van der Waals surface area contributed by atoms with Crippen LogP contribution < -0.4 is 16.0 Å². The normalized spacial score (nSPS) is 10.6. The van der Waals surface area contributed by atoms with E-state index in [1.165, 1.54) is 6.08 Å². The van der Waals surface area contributed by atoms with Crippen molar-refractivity contribution in [3.05, 3.63) is 109 Å². The maximum Gasteiger partial charge on any atom is 0.323 e. The first-order valence-corrected chi connectivity index (χ1v) is 9.98. The number of rotatable bonds is 6. The van der Waals surface area contributed by atoms with Crippen molar-refractivity contribution < 1.29 is 9.59 Å². The third kappa shape index (κ3) is 5.70. The summed E-state index contributed by atoms with van der Waals surface area (Å²) in [5, 5.41) is 12.6. The highest BCUT2D eigenvalue weighted by atomic mass is 16.2. The van der Waals surface area contributed by atoms with Gasteiger partial charge in [0.25, 0.3) is 0 Å². The molecule has 0 spiro atoms. The summed E-state index contributed by atoms with van der Waals surface area (Å²) in [6.45, 7) is 0. The van der Waals surface area contributed by atoms with Crippen LogP contribution in [0.25, 0.3) is 11.8 Å². The Labute approximate surface area is 185 Å². The van der Waals surface area contributed by atoms with Gasteiger partial charge in [0.05, 0.1) is 11.9 Å². The Balaban J connectivity index is 1.29. The third-order valence-electron chi connectivity index (χ3n) is 4.49. The lowest BCUT2D eigenvalue weighted by atomic mass is 10.2. The molecule has 0 unspecified atom stereocenters. The molecule has 7 heteroatoms. The van der Waals surface area contributed by atoms with Gasteiger partial charge in [-0.1, -0.05) is 36.4 Å². The van der Waals surface area contributed by atoms with E-state index in [1.807, 2.05) is 54.7 Å². The third-order valence-corrected chi connectivity index (χ3v) is 4.49. The summed E-state index contributed by atoms with van der Waals surface area (Å²) in [5.74, 6) is -0.264. The number of aromatic nitrogens is 2. The van der Waals surface area contributed by atoms with Crippen molar-refractivity contribution in [2.24, 2.45) is 0 Å². The van der Waals surface area contributed by atoms with Gasteiger partial charge in [0.2, 0.25) is 5.91 Å². The van der Waals surface area contributed by atoms with Crippen molar-refractivity contribution in [3.8, 4) is 5.69 Å². The van der Waals surface area contributed by atoms with E-state index in [0.717, 1.165) is 11.3 Å². The molecule has 0 aliphatic carbocycles. The lowest BCUT2D eigenvalue weighted by molar-refractivity contribution is -0.111. The van der Waals surface area contributed by atoms with Crippen molar-refractivity contribution in [1.82, 2.24) is 9.78 Å². The average Bonchev–Trinajstić information content (AvgIpc) is 3.29. The lowest BCUT2D eigenvalue weighted by Gasteiger charge is -2.08. The van der Waals surface area contributed by atoms with Crippen LogP contribution in [0.5, 0.6) is 0 Å². The zero-order valence-corrected chi connectivity index (χ0v) is 17.1. The van der Waals surface area contributed by atoms with Crippen LogP contribution in [0.4, 0.5) is 21.9 Å². The summed E-state index contributed by atoms with van der Waals surface area (Å²) in [7, 11) is 0. The van der Waals surface area contributed by atoms with Crippen LogP contribution in [0, 0.1) is 0 Å². The minimum atomic E-state index is -0.341. The van der Waals surface area contributed by atoms with E-state index < -0.39 is 0 Å². The van der Waals surface area contributed by atoms with E-state index in [9.17, 15) is 9.59 Å². The standard InChI is InChI=1S/C25H21N5O2/c31-24(16-11-19-17-26-30(18-19)23-9-5-2-6-10-23)27-21-12-14-22(15-13-21)29-25(32)28-20-7-3-1-4-8-20/h1-18H,(H,27,31)(H2,28,29,32)/b16-11+. The molecule has 3 aromatic carbocycles. The van der Waals surface area contributed by atoms with Gasteiger partial charge in [0.15, 0.2) is 0 Å². The minimum absolute atomic E-state index is 0.264. The van der Waals surface area contributed by atoms with Gasteiger partial charge < -0.3 is 16.0 Å². The van der Waals surface area contributed by atoms with Gasteiger partial charge in [0, 0.05) is 34.9 Å². The summed E-state index contributed by atoms with van der Waals surface area (Å²) >= 11 is 0. The molecule has 1 aromatic heterocycles. The predicted molar refractivity (Wildman–Crippen MR) is 127 cm³/mol. The summed E-state index contributed by atoms with van der Waals surface area (Å²) in [5.41, 5.74) is 3.69. The molecule has 7 nitrogen and oxygen atoms in total. The fourth-order valence-corrected chi connectivity index (χ4v) is 2.95. The molecule has 0 aliphatic rings. The van der Waals surface area contributed by atoms with Crippen LogP contribution in [0.1, 0.15) is 5.56 Å². The van der Waals surface area contributed by atoms with Gasteiger partial charge >= 0.3 is 6.03 Å². The topological polar surface area (TPSA) is 88.1 Å². The molecule has 3 amide bonds. The molecule has 3 N–H and O–H groups in total. The van der Waals surface area contributed by atoms with E-state index in [0.29, 0.717) is 17.1 Å². The van der Waals surface area contributed by atoms with Crippen molar-refractivity contribution in [1.29, 1.82) is 0 Å². The van der Waals surface area contributed by atoms with Crippen LogP contribution >= 0.6 is 0 Å². The molecule has 4 aromatic rings. The summed E-state index contributed by atoms with van der Waals surface area (Å²) < 4.78 is 1.75. The van der Waals surface area contributed by atoms with Gasteiger partial charge in [-0.15, -0.1) is 0 Å². The molecule has 0 fully saturated rings. The molecule has 0 radical (unpaired) electrons. The second-order valence-electron chi connectivity index (χ2n) is 6.90. The van der Waals surface area contributed by atoms with Gasteiger partial charge in [-0.25, -0.2) is 9.48 Å². The quantitative estimate of drug-likeness (QED) is 0.374. The Morgan fingerprint density at radius 2 is 1.28 bits per heavy atom. The van der Waals surface area contributed by atoms with Crippen LogP contribution in [-0.4, -0.2) is 21.7 Å². The van der Waals surface area contributed by atoms with E-state index in [2.05, 4.69) is 21.0 Å². The zero-order valence-electron chi connectivity index (χ0n) is 17.1. The molecule has 1 heterocycles. The number of anilines is 3. The second kappa shape index (κ2) is 9.90. The number of urea groups is 1. The summed E-state index contributed by atoms with van der Waals surface area (Å²) in [6.07, 6.45) is 6.69. The Bertz CT molecular complexity index is 1220. The largest absolute Gasteiger partial charge is 0.323 e. The Hall–Kier alpha value is -4.65. The smallest absolute Gasteiger partial charge is 0.323 e. The fraction of sp³-hybridized carbons (Fsp3) is 0. The molecule has 0 saturated carbocycles. The molecule has 158 valence electrons. The molecule has 0 atom stereocenters. The highest BCUT2D eigenvalue weighted by molar-refractivity contribution is 6.02. The average molecular weight is 423 g/mol. The molecule has 0 bridgehead atoms. The zero-order chi connectivity index (χ0) is 22.2. The SMILES string of the molecule is O=C(/C=C/c1cnn(-c2ccccc2)c1)Nc1ccc(NC(=O)Nc2ccccc2)cc1. The molecular weight excluding hydrogens is 402 g/mol. The van der Waals surface area contributed by atoms with Crippen LogP contribution in [0.15, 0.2) is 103 Å². The number of benzene rings is 3. The highest BCUT2D eigenvalue weighted by Crippen LogP contribution is 2.15. The van der Waals surface area contributed by atoms with Gasteiger partial charge in [0.1, 0.15) is 0 Å². The van der Waals surface area contributed by atoms with E-state index >= 15 is 0 Å². The van der Waals surface area contributed by atoms with Crippen molar-refractivity contribution in [3.63, 3.8) is 0 Å². The molecule has 0 saturated heterocycles. The number of amides is 3. The monoisotopic (exact) mass is 423 g/mol. The number of carbonyl (C=O) groups excluding carboxylic acids is 2. The van der Waals surface area contributed by atoms with E-state index in [4.69, 9.17) is 0 Å². The van der Waals surface area contributed by atoms with E-state index in [1.54, 1.807) is 53.4 Å². The first-order valence-electron chi connectivity index (χ1n) is 9.98. The Kier molecular flexibility index (Phi) is 6.38. The van der Waals surface area contributed by atoms with Gasteiger partial charge in [-0.2, -0.15) is 5.10 Å². The van der Waals surface area contributed by atoms with Crippen LogP contribution in [0.2, 0.25) is 0 Å². The predicted octanol–water partition coefficient (Wildman–Crippen LogP) is 5.17. The molecule has 0 aliphatic heterocycles. The second-order valence-corrected chi connectivity index (χ2v) is 6.90. The Morgan fingerprint density at radius 1 is 0.719 bits per heavy atom. The van der Waals surface area contributed by atoms with E-state index in [-0.39, 0.29) is 11.9 Å². The maximum atomic E-state index is 12.2. The number of nitrogens with one attached hydrogen (secondary N) is 3. The van der Waals surface area contributed by atoms with Crippen LogP contribution in [-0.2, 0) is 4.79 Å². The van der Waals surface area contributed by atoms with Gasteiger partial charge in [-0.3, -0.25) is 4.79 Å². The highest BCUT2D eigenvalue weighted by Gasteiger charge is 2.04. The Morgan fingerprint density at radius 3 is 1.94 bits per heavy atom. The first-order chi connectivity index (χ1) is 15.7. The molecule has 32 heavy (non-hydrogen) atoms. The van der Waals surface area contributed by atoms with Crippen molar-refractivity contribution in [2.75, 3.05) is 16.0 Å². The number of carbonyl (C=O) groups is 2. The number of nitrogens with zero attached hydrogens (tertiary/aromatic N) is 2. The molecular formula is C25H21N5O2. The lowest BCUT2D eigenvalue weighted by Crippen LogP contribution is -2.19.